The van der Waals surface area contributed by atoms with Crippen LogP contribution in [0.2, 0.25) is 0 Å². The Morgan fingerprint density at radius 1 is 1.03 bits per heavy atom. The van der Waals surface area contributed by atoms with E-state index in [4.69, 9.17) is 10.5 Å². The Hall–Kier alpha value is -1.30. The van der Waals surface area contributed by atoms with Crippen molar-refractivity contribution in [1.29, 1.82) is 0 Å². The van der Waals surface area contributed by atoms with Crippen molar-refractivity contribution < 1.29 is 24.5 Å². The summed E-state index contributed by atoms with van der Waals surface area (Å²) >= 11 is 0. The molecule has 4 aliphatic carbocycles. The molecule has 0 radical (unpaired) electrons. The fourth-order valence-electron chi connectivity index (χ4n) is 9.08. The Morgan fingerprint density at radius 2 is 1.74 bits per heavy atom. The van der Waals surface area contributed by atoms with E-state index in [1.54, 1.807) is 0 Å². The number of carboxylic acids is 1. The highest BCUT2D eigenvalue weighted by atomic mass is 16.6. The molecule has 4 rings (SSSR count). The predicted octanol–water partition coefficient (Wildman–Crippen LogP) is 4.58. The molecule has 6 nitrogen and oxygen atoms in total. The van der Waals surface area contributed by atoms with Gasteiger partial charge in [0.05, 0.1) is 5.92 Å². The number of primary amides is 1. The number of carbonyl (C=O) groups excluding carboxylic acids is 1. The van der Waals surface area contributed by atoms with Crippen molar-refractivity contribution >= 4 is 12.1 Å². The fourth-order valence-corrected chi connectivity index (χ4v) is 9.08. The van der Waals surface area contributed by atoms with E-state index in [0.717, 1.165) is 64.2 Å². The number of hydrogen-bond acceptors (Lipinski definition) is 4. The third-order valence-corrected chi connectivity index (χ3v) is 10.8. The molecule has 31 heavy (non-hydrogen) atoms. The van der Waals surface area contributed by atoms with Crippen LogP contribution in [-0.2, 0) is 9.53 Å². The molecule has 0 bridgehead atoms. The van der Waals surface area contributed by atoms with Gasteiger partial charge < -0.3 is 20.7 Å². The van der Waals surface area contributed by atoms with Crippen molar-refractivity contribution in [2.75, 3.05) is 6.61 Å². The first-order valence-electron chi connectivity index (χ1n) is 12.4. The van der Waals surface area contributed by atoms with Crippen molar-refractivity contribution in [3.8, 4) is 0 Å². The number of aliphatic hydroxyl groups excluding tert-OH is 1. The van der Waals surface area contributed by atoms with Crippen LogP contribution in [0.1, 0.15) is 85.0 Å². The number of carboxylic acid groups (broad SMARTS) is 1. The van der Waals surface area contributed by atoms with Gasteiger partial charge in [0.2, 0.25) is 0 Å². The molecule has 9 atom stereocenters. The second-order valence-corrected chi connectivity index (χ2v) is 11.6. The number of aliphatic hydroxyl groups is 1. The molecule has 0 aliphatic heterocycles. The Labute approximate surface area is 186 Å². The van der Waals surface area contributed by atoms with Gasteiger partial charge in [-0.3, -0.25) is 4.79 Å². The minimum absolute atomic E-state index is 0.0102. The van der Waals surface area contributed by atoms with Crippen LogP contribution in [0, 0.1) is 46.3 Å². The fraction of sp³-hybridized carbons (Fsp3) is 0.920. The summed E-state index contributed by atoms with van der Waals surface area (Å²) in [6.45, 7) is 6.73. The molecule has 0 aromatic heterocycles. The molecule has 4 aliphatic rings. The predicted molar refractivity (Wildman–Crippen MR) is 117 cm³/mol. The number of aliphatic carboxylic acids is 1. The summed E-state index contributed by atoms with van der Waals surface area (Å²) in [7, 11) is 0. The molecule has 0 heterocycles. The Balaban J connectivity index is 1.59. The van der Waals surface area contributed by atoms with Crippen molar-refractivity contribution in [3.63, 3.8) is 0 Å². The van der Waals surface area contributed by atoms with E-state index in [-0.39, 0.29) is 29.3 Å². The van der Waals surface area contributed by atoms with Crippen LogP contribution in [0.4, 0.5) is 4.79 Å². The monoisotopic (exact) mass is 435 g/mol. The van der Waals surface area contributed by atoms with Crippen LogP contribution in [0.5, 0.6) is 0 Å². The lowest BCUT2D eigenvalue weighted by molar-refractivity contribution is -0.172. The summed E-state index contributed by atoms with van der Waals surface area (Å²) in [5.74, 6) is 1.29. The zero-order valence-electron chi connectivity index (χ0n) is 19.4. The van der Waals surface area contributed by atoms with Gasteiger partial charge in [0.15, 0.2) is 0 Å². The lowest BCUT2D eigenvalue weighted by atomic mass is 9.43. The van der Waals surface area contributed by atoms with Gasteiger partial charge in [0.1, 0.15) is 5.60 Å². The molecule has 6 heteroatoms. The topological polar surface area (TPSA) is 110 Å². The average Bonchev–Trinajstić information content (AvgIpc) is 3.06. The number of rotatable bonds is 5. The SMILES string of the molecule is CCC(CO)C1(OC(N)=O)CC[C@@]2(C)C(CC[C@@H]3[C@@H]2CC[C@]2(C)C(C(=O)O)CC[C@@H]32)C1. The van der Waals surface area contributed by atoms with E-state index in [9.17, 15) is 19.8 Å². The number of ether oxygens (including phenoxy) is 1. The number of nitrogens with two attached hydrogens (primary N) is 1. The van der Waals surface area contributed by atoms with E-state index in [1.807, 2.05) is 6.92 Å². The standard InChI is InChI=1S/C25H41NO5/c1-4-15(14-27)25(31-22(26)30)12-11-23(2)16(13-25)5-6-17-18-7-8-20(21(28)29)24(18,3)10-9-19(17)23/h15-20,27H,4-14H2,1-3H3,(H2,26,30)(H,28,29)/t15?,16?,17-,18-,19-,20?,23-,24-,25?/m0/s1. The van der Waals surface area contributed by atoms with Crippen molar-refractivity contribution in [3.05, 3.63) is 0 Å². The summed E-state index contributed by atoms with van der Waals surface area (Å²) in [5, 5.41) is 19.8. The maximum atomic E-state index is 11.9. The highest BCUT2D eigenvalue weighted by Gasteiger charge is 2.63. The number of amides is 1. The third-order valence-electron chi connectivity index (χ3n) is 10.8. The summed E-state index contributed by atoms with van der Waals surface area (Å²) in [4.78, 5) is 23.7. The molecule has 4 fully saturated rings. The zero-order valence-corrected chi connectivity index (χ0v) is 19.4. The average molecular weight is 436 g/mol. The quantitative estimate of drug-likeness (QED) is 0.585. The third kappa shape index (κ3) is 3.39. The zero-order chi connectivity index (χ0) is 22.6. The van der Waals surface area contributed by atoms with Crippen LogP contribution in [0.3, 0.4) is 0 Å². The van der Waals surface area contributed by atoms with Crippen molar-refractivity contribution in [2.24, 2.45) is 52.1 Å². The van der Waals surface area contributed by atoms with Crippen LogP contribution >= 0.6 is 0 Å². The van der Waals surface area contributed by atoms with E-state index < -0.39 is 17.7 Å². The van der Waals surface area contributed by atoms with E-state index in [1.165, 1.54) is 0 Å². The second kappa shape index (κ2) is 7.93. The Bertz CT molecular complexity index is 723. The highest BCUT2D eigenvalue weighted by molar-refractivity contribution is 5.71. The van der Waals surface area contributed by atoms with Gasteiger partial charge >= 0.3 is 12.1 Å². The van der Waals surface area contributed by atoms with Gasteiger partial charge in [-0.15, -0.1) is 0 Å². The summed E-state index contributed by atoms with van der Waals surface area (Å²) in [5.41, 5.74) is 4.95. The van der Waals surface area contributed by atoms with Gasteiger partial charge in [-0.25, -0.2) is 4.79 Å². The van der Waals surface area contributed by atoms with E-state index in [2.05, 4.69) is 13.8 Å². The van der Waals surface area contributed by atoms with E-state index >= 15 is 0 Å². The molecule has 0 aromatic carbocycles. The van der Waals surface area contributed by atoms with Gasteiger partial charge in [0, 0.05) is 12.5 Å². The Kier molecular flexibility index (Phi) is 5.85. The maximum absolute atomic E-state index is 11.9. The van der Waals surface area contributed by atoms with Gasteiger partial charge in [-0.05, 0) is 98.7 Å². The minimum atomic E-state index is -0.733. The van der Waals surface area contributed by atoms with Gasteiger partial charge in [0.25, 0.3) is 0 Å². The first-order chi connectivity index (χ1) is 14.6. The van der Waals surface area contributed by atoms with Crippen LogP contribution < -0.4 is 5.73 Å². The molecular weight excluding hydrogens is 394 g/mol. The van der Waals surface area contributed by atoms with Gasteiger partial charge in [-0.1, -0.05) is 20.8 Å². The second-order valence-electron chi connectivity index (χ2n) is 11.6. The molecular formula is C25H41NO5. The lowest BCUT2D eigenvalue weighted by Gasteiger charge is -2.62. The Morgan fingerprint density at radius 3 is 2.35 bits per heavy atom. The smallest absolute Gasteiger partial charge is 0.405 e. The maximum Gasteiger partial charge on any atom is 0.405 e. The first-order valence-corrected chi connectivity index (χ1v) is 12.4. The van der Waals surface area contributed by atoms with Crippen molar-refractivity contribution in [2.45, 2.75) is 90.6 Å². The molecule has 4 unspecified atom stereocenters. The molecule has 1 amide bonds. The molecule has 0 saturated heterocycles. The number of fused-ring (bicyclic) bond motifs is 5. The summed E-state index contributed by atoms with van der Waals surface area (Å²) in [6.07, 6.45) is 8.77. The summed E-state index contributed by atoms with van der Waals surface area (Å²) in [6, 6.07) is 0. The summed E-state index contributed by atoms with van der Waals surface area (Å²) < 4.78 is 5.79. The normalized spacial score (nSPS) is 47.5. The van der Waals surface area contributed by atoms with Crippen LogP contribution in [0.25, 0.3) is 0 Å². The van der Waals surface area contributed by atoms with Crippen LogP contribution in [-0.4, -0.2) is 34.5 Å². The molecule has 0 aromatic rings. The van der Waals surface area contributed by atoms with Gasteiger partial charge in [-0.2, -0.15) is 0 Å². The number of hydrogen-bond donors (Lipinski definition) is 3. The minimum Gasteiger partial charge on any atom is -0.481 e. The largest absolute Gasteiger partial charge is 0.481 e. The number of carbonyl (C=O) groups is 2. The first kappa shape index (κ1) is 22.9. The molecule has 4 saturated carbocycles. The highest BCUT2D eigenvalue weighted by Crippen LogP contribution is 2.68. The van der Waals surface area contributed by atoms with Crippen LogP contribution in [0.15, 0.2) is 0 Å². The molecule has 0 spiro atoms. The lowest BCUT2D eigenvalue weighted by Crippen LogP contribution is -2.59. The van der Waals surface area contributed by atoms with Crippen molar-refractivity contribution in [1.82, 2.24) is 0 Å². The van der Waals surface area contributed by atoms with E-state index in [0.29, 0.717) is 23.7 Å². The molecule has 176 valence electrons. The molecule has 4 N–H and O–H groups in total.